The third-order valence-corrected chi connectivity index (χ3v) is 8.27. The maximum absolute atomic E-state index is 13.0. The van der Waals surface area contributed by atoms with E-state index in [2.05, 4.69) is 20.9 Å². The fraction of sp³-hybridized carbons (Fsp3) is 0.517. The largest absolute Gasteiger partial charge is 0.495 e. The fourth-order valence-electron chi connectivity index (χ4n) is 6.02. The number of methoxy groups -OCH3 is 1. The molecule has 2 aliphatic heterocycles. The van der Waals surface area contributed by atoms with E-state index < -0.39 is 6.09 Å². The van der Waals surface area contributed by atoms with Gasteiger partial charge in [-0.25, -0.2) is 9.78 Å². The number of likely N-dealkylation sites (N-methyl/N-ethyl adjacent to an activating group) is 1. The van der Waals surface area contributed by atoms with Crippen LogP contribution in [0.3, 0.4) is 0 Å². The van der Waals surface area contributed by atoms with E-state index in [-0.39, 0.29) is 36.0 Å². The number of nitrogens with one attached hydrogen (secondary N) is 3. The van der Waals surface area contributed by atoms with E-state index in [4.69, 9.17) is 19.6 Å². The first-order chi connectivity index (χ1) is 19.7. The van der Waals surface area contributed by atoms with E-state index in [1.54, 1.807) is 37.3 Å². The van der Waals surface area contributed by atoms with Crippen LogP contribution in [0.4, 0.5) is 27.8 Å². The molecule has 4 N–H and O–H groups in total. The standard InChI is InChI=1S/C29H38N6O6/c1-17-28(37)34(2)23-10-11-25(33-26(23)35(17)21-12-14-41-15-13-21)32-22-9-4-18(16-24(22)40-3)27(36)30-19-5-7-20(8-6-19)31-29(38)39/h4,9-11,16-17,19-21,31H,5-8,12-15H2,1-3H3,(H,30,36)(H,32,33)(H,38,39)/t17-,19-,20-/m1/s1. The molecular weight excluding hydrogens is 528 g/mol. The average molecular weight is 567 g/mol. The Morgan fingerprint density at radius 1 is 1.02 bits per heavy atom. The third kappa shape index (κ3) is 6.17. The van der Waals surface area contributed by atoms with Crippen molar-refractivity contribution < 1.29 is 29.0 Å². The smallest absolute Gasteiger partial charge is 0.404 e. The molecule has 2 fully saturated rings. The van der Waals surface area contributed by atoms with Crippen LogP contribution < -0.4 is 30.5 Å². The highest BCUT2D eigenvalue weighted by Crippen LogP contribution is 2.39. The first kappa shape index (κ1) is 28.5. The van der Waals surface area contributed by atoms with Crippen molar-refractivity contribution in [3.8, 4) is 5.75 Å². The molecule has 41 heavy (non-hydrogen) atoms. The number of aromatic nitrogens is 1. The molecule has 5 rings (SSSR count). The minimum absolute atomic E-state index is 0.0103. The van der Waals surface area contributed by atoms with Gasteiger partial charge in [0.2, 0.25) is 5.91 Å². The molecule has 1 aromatic carbocycles. The van der Waals surface area contributed by atoms with Crippen LogP contribution in [0.1, 0.15) is 55.8 Å². The summed E-state index contributed by atoms with van der Waals surface area (Å²) in [5.41, 5.74) is 1.88. The highest BCUT2D eigenvalue weighted by atomic mass is 16.5. The number of hydrogen-bond acceptors (Lipinski definition) is 8. The number of rotatable bonds is 7. The van der Waals surface area contributed by atoms with Crippen LogP contribution in [0.5, 0.6) is 5.75 Å². The number of anilines is 4. The SMILES string of the molecule is COc1cc(C(=O)N[C@H]2CC[C@H](NC(=O)O)CC2)ccc1Nc1ccc2c(n1)N(C1CCOCC1)[C@H](C)C(=O)N2C. The maximum Gasteiger partial charge on any atom is 0.404 e. The van der Waals surface area contributed by atoms with E-state index in [0.717, 1.165) is 24.3 Å². The highest BCUT2D eigenvalue weighted by Gasteiger charge is 2.39. The number of hydrogen-bond donors (Lipinski definition) is 4. The van der Waals surface area contributed by atoms with Crippen molar-refractivity contribution >= 4 is 40.9 Å². The van der Waals surface area contributed by atoms with Crippen molar-refractivity contribution in [2.75, 3.05) is 42.5 Å². The van der Waals surface area contributed by atoms with E-state index in [0.29, 0.717) is 61.7 Å². The topological polar surface area (TPSA) is 145 Å². The number of pyridine rings is 1. The van der Waals surface area contributed by atoms with Gasteiger partial charge in [-0.3, -0.25) is 9.59 Å². The van der Waals surface area contributed by atoms with Crippen molar-refractivity contribution in [3.63, 3.8) is 0 Å². The first-order valence-electron chi connectivity index (χ1n) is 14.1. The zero-order chi connectivity index (χ0) is 29.1. The summed E-state index contributed by atoms with van der Waals surface area (Å²) in [6.07, 6.45) is 3.44. The van der Waals surface area contributed by atoms with Crippen molar-refractivity contribution in [2.45, 2.75) is 69.6 Å². The van der Waals surface area contributed by atoms with Gasteiger partial charge >= 0.3 is 6.09 Å². The molecule has 1 atom stereocenters. The Morgan fingerprint density at radius 3 is 2.37 bits per heavy atom. The number of fused-ring (bicyclic) bond motifs is 1. The van der Waals surface area contributed by atoms with Crippen LogP contribution in [-0.4, -0.2) is 79.5 Å². The lowest BCUT2D eigenvalue weighted by Gasteiger charge is -2.44. The minimum Gasteiger partial charge on any atom is -0.495 e. The Labute approximate surface area is 239 Å². The first-order valence-corrected chi connectivity index (χ1v) is 14.1. The Hall–Kier alpha value is -4.06. The molecule has 0 spiro atoms. The monoisotopic (exact) mass is 566 g/mol. The van der Waals surface area contributed by atoms with Gasteiger partial charge in [0.1, 0.15) is 17.6 Å². The quantitative estimate of drug-likeness (QED) is 0.396. The molecule has 12 heteroatoms. The summed E-state index contributed by atoms with van der Waals surface area (Å²) in [6.45, 7) is 3.24. The lowest BCUT2D eigenvalue weighted by Crippen LogP contribution is -2.56. The number of carbonyl (C=O) groups excluding carboxylic acids is 2. The predicted octanol–water partition coefficient (Wildman–Crippen LogP) is 3.49. The summed E-state index contributed by atoms with van der Waals surface area (Å²) in [5.74, 6) is 1.67. The van der Waals surface area contributed by atoms with Crippen molar-refractivity contribution in [2.24, 2.45) is 0 Å². The summed E-state index contributed by atoms with van der Waals surface area (Å²) >= 11 is 0. The van der Waals surface area contributed by atoms with Gasteiger partial charge in [0.25, 0.3) is 5.91 Å². The van der Waals surface area contributed by atoms with Crippen LogP contribution in [0.2, 0.25) is 0 Å². The summed E-state index contributed by atoms with van der Waals surface area (Å²) in [5, 5.41) is 17.8. The molecular formula is C29H38N6O6. The van der Waals surface area contributed by atoms with Crippen LogP contribution in [0.25, 0.3) is 0 Å². The van der Waals surface area contributed by atoms with Gasteiger partial charge in [-0.15, -0.1) is 0 Å². The predicted molar refractivity (Wildman–Crippen MR) is 154 cm³/mol. The van der Waals surface area contributed by atoms with Crippen LogP contribution in [0, 0.1) is 0 Å². The zero-order valence-electron chi connectivity index (χ0n) is 23.7. The lowest BCUT2D eigenvalue weighted by molar-refractivity contribution is -0.119. The third-order valence-electron chi connectivity index (χ3n) is 8.27. The molecule has 0 radical (unpaired) electrons. The van der Waals surface area contributed by atoms with Gasteiger partial charge < -0.3 is 40.3 Å². The molecule has 2 aromatic rings. The number of nitrogens with zero attached hydrogens (tertiary/aromatic N) is 3. The van der Waals surface area contributed by atoms with Crippen molar-refractivity contribution in [1.29, 1.82) is 0 Å². The van der Waals surface area contributed by atoms with Crippen LogP contribution >= 0.6 is 0 Å². The molecule has 0 unspecified atom stereocenters. The number of carbonyl (C=O) groups is 3. The van der Waals surface area contributed by atoms with E-state index in [1.165, 1.54) is 0 Å². The number of carboxylic acid groups (broad SMARTS) is 1. The molecule has 1 aliphatic carbocycles. The molecule has 1 aromatic heterocycles. The van der Waals surface area contributed by atoms with Crippen molar-refractivity contribution in [3.05, 3.63) is 35.9 Å². The van der Waals surface area contributed by atoms with Crippen molar-refractivity contribution in [1.82, 2.24) is 15.6 Å². The van der Waals surface area contributed by atoms with E-state index in [1.807, 2.05) is 19.1 Å². The molecule has 0 bridgehead atoms. The molecule has 3 amide bonds. The average Bonchev–Trinajstić information content (AvgIpc) is 2.97. The zero-order valence-corrected chi connectivity index (χ0v) is 23.7. The summed E-state index contributed by atoms with van der Waals surface area (Å²) < 4.78 is 11.2. The minimum atomic E-state index is -1.02. The van der Waals surface area contributed by atoms with E-state index in [9.17, 15) is 14.4 Å². The molecule has 220 valence electrons. The van der Waals surface area contributed by atoms with Crippen LogP contribution in [-0.2, 0) is 9.53 Å². The summed E-state index contributed by atoms with van der Waals surface area (Å²) in [6, 6.07) is 8.68. The summed E-state index contributed by atoms with van der Waals surface area (Å²) in [7, 11) is 3.33. The number of ether oxygens (including phenoxy) is 2. The maximum atomic E-state index is 13.0. The molecule has 1 saturated carbocycles. The second-order valence-corrected chi connectivity index (χ2v) is 10.9. The van der Waals surface area contributed by atoms with Gasteiger partial charge in [-0.05, 0) is 75.8 Å². The van der Waals surface area contributed by atoms with Gasteiger partial charge in [0.15, 0.2) is 5.82 Å². The molecule has 12 nitrogen and oxygen atoms in total. The van der Waals surface area contributed by atoms with Gasteiger partial charge in [0, 0.05) is 44.0 Å². The van der Waals surface area contributed by atoms with Gasteiger partial charge in [-0.1, -0.05) is 0 Å². The molecule has 1 saturated heterocycles. The Balaban J connectivity index is 1.31. The second kappa shape index (κ2) is 12.2. The molecule has 3 aliphatic rings. The lowest BCUT2D eigenvalue weighted by atomic mass is 9.91. The Bertz CT molecular complexity index is 1290. The Morgan fingerprint density at radius 2 is 1.71 bits per heavy atom. The molecule has 3 heterocycles. The van der Waals surface area contributed by atoms with Gasteiger partial charge in [0.05, 0.1) is 18.5 Å². The fourth-order valence-corrected chi connectivity index (χ4v) is 6.02. The number of amides is 3. The normalized spacial score (nSPS) is 23.0. The van der Waals surface area contributed by atoms with E-state index >= 15 is 0 Å². The second-order valence-electron chi connectivity index (χ2n) is 10.9. The summed E-state index contributed by atoms with van der Waals surface area (Å²) in [4.78, 5) is 45.6. The van der Waals surface area contributed by atoms with Crippen LogP contribution in [0.15, 0.2) is 30.3 Å². The number of benzene rings is 1. The van der Waals surface area contributed by atoms with Gasteiger partial charge in [-0.2, -0.15) is 0 Å². The highest BCUT2D eigenvalue weighted by molar-refractivity contribution is 6.04. The Kier molecular flexibility index (Phi) is 8.48.